The van der Waals surface area contributed by atoms with Crippen molar-refractivity contribution in [3.05, 3.63) is 69.4 Å². The van der Waals surface area contributed by atoms with E-state index in [1.807, 2.05) is 12.1 Å². The quantitative estimate of drug-likeness (QED) is 0.688. The molecular weight excluding hydrogens is 303 g/mol. The third-order valence-corrected chi connectivity index (χ3v) is 3.26. The monoisotopic (exact) mass is 316 g/mol. The highest BCUT2D eigenvalue weighted by molar-refractivity contribution is 9.10. The van der Waals surface area contributed by atoms with Gasteiger partial charge in [-0.05, 0) is 42.3 Å². The summed E-state index contributed by atoms with van der Waals surface area (Å²) in [6.07, 6.45) is 2.21. The van der Waals surface area contributed by atoms with E-state index in [4.69, 9.17) is 0 Å². The molecule has 0 amide bonds. The average molecular weight is 317 g/mol. The van der Waals surface area contributed by atoms with E-state index in [-0.39, 0.29) is 5.82 Å². The summed E-state index contributed by atoms with van der Waals surface area (Å²) in [6, 6.07) is 13.0. The molecule has 2 rings (SSSR count). The number of rotatable bonds is 2. The molecule has 0 aromatic heterocycles. The lowest BCUT2D eigenvalue weighted by Gasteiger charge is -1.98. The summed E-state index contributed by atoms with van der Waals surface area (Å²) in [4.78, 5) is 0. The number of halogens is 2. The van der Waals surface area contributed by atoms with Crippen molar-refractivity contribution in [2.45, 2.75) is 19.8 Å². The summed E-state index contributed by atoms with van der Waals surface area (Å²) in [6.45, 7) is 2.16. The Kier molecular flexibility index (Phi) is 4.76. The van der Waals surface area contributed by atoms with Crippen molar-refractivity contribution >= 4 is 15.9 Å². The summed E-state index contributed by atoms with van der Waals surface area (Å²) in [5.41, 5.74) is 2.63. The molecule has 2 aromatic carbocycles. The van der Waals surface area contributed by atoms with Gasteiger partial charge in [-0.1, -0.05) is 53.2 Å². The minimum Gasteiger partial charge on any atom is -0.206 e. The molecule has 0 aliphatic heterocycles. The Bertz CT molecular complexity index is 618. The van der Waals surface area contributed by atoms with Crippen LogP contribution in [0.4, 0.5) is 4.39 Å². The normalized spacial score (nSPS) is 9.84. The molecule has 0 radical (unpaired) electrons. The van der Waals surface area contributed by atoms with E-state index in [1.165, 1.54) is 11.6 Å². The molecule has 0 spiro atoms. The van der Waals surface area contributed by atoms with Gasteiger partial charge in [-0.15, -0.1) is 0 Å². The van der Waals surface area contributed by atoms with Gasteiger partial charge in [0.1, 0.15) is 5.82 Å². The third kappa shape index (κ3) is 3.94. The predicted octanol–water partition coefficient (Wildman–Crippen LogP) is 4.94. The Balaban J connectivity index is 2.19. The molecule has 0 unspecified atom stereocenters. The van der Waals surface area contributed by atoms with Crippen LogP contribution in [-0.2, 0) is 6.42 Å². The van der Waals surface area contributed by atoms with E-state index in [2.05, 4.69) is 46.8 Å². The largest absolute Gasteiger partial charge is 0.206 e. The lowest BCUT2D eigenvalue weighted by Crippen LogP contribution is -1.84. The Hall–Kier alpha value is -1.59. The Morgan fingerprint density at radius 3 is 2.42 bits per heavy atom. The first-order chi connectivity index (χ1) is 9.19. The summed E-state index contributed by atoms with van der Waals surface area (Å²) in [5, 5.41) is 0. The molecule has 96 valence electrons. The minimum absolute atomic E-state index is 0.301. The molecule has 0 saturated carbocycles. The summed E-state index contributed by atoms with van der Waals surface area (Å²) in [5.74, 6) is 5.55. The first-order valence-corrected chi connectivity index (χ1v) is 7.04. The van der Waals surface area contributed by atoms with E-state index in [9.17, 15) is 4.39 Å². The topological polar surface area (TPSA) is 0 Å². The van der Waals surface area contributed by atoms with Crippen molar-refractivity contribution < 1.29 is 4.39 Å². The average Bonchev–Trinajstić information content (AvgIpc) is 2.40. The maximum Gasteiger partial charge on any atom is 0.139 e. The van der Waals surface area contributed by atoms with Crippen LogP contribution in [0, 0.1) is 17.7 Å². The SMILES string of the molecule is CCCc1ccc(C#Cc2ccc(Br)cc2F)cc1. The lowest BCUT2D eigenvalue weighted by atomic mass is 10.1. The van der Waals surface area contributed by atoms with Gasteiger partial charge in [0.2, 0.25) is 0 Å². The van der Waals surface area contributed by atoms with Gasteiger partial charge < -0.3 is 0 Å². The van der Waals surface area contributed by atoms with Crippen LogP contribution in [0.25, 0.3) is 0 Å². The van der Waals surface area contributed by atoms with E-state index >= 15 is 0 Å². The Morgan fingerprint density at radius 2 is 1.79 bits per heavy atom. The van der Waals surface area contributed by atoms with Gasteiger partial charge in [-0.2, -0.15) is 0 Å². The van der Waals surface area contributed by atoms with Crippen LogP contribution in [-0.4, -0.2) is 0 Å². The molecule has 0 saturated heterocycles. The van der Waals surface area contributed by atoms with Crippen molar-refractivity contribution in [3.8, 4) is 11.8 Å². The van der Waals surface area contributed by atoms with Crippen LogP contribution < -0.4 is 0 Å². The Morgan fingerprint density at radius 1 is 1.05 bits per heavy atom. The molecular formula is C17H14BrF. The van der Waals surface area contributed by atoms with Crippen LogP contribution in [0.1, 0.15) is 30.0 Å². The molecule has 0 nitrogen and oxygen atoms in total. The van der Waals surface area contributed by atoms with Gasteiger partial charge in [0.25, 0.3) is 0 Å². The molecule has 0 aliphatic rings. The van der Waals surface area contributed by atoms with E-state index in [0.717, 1.165) is 22.9 Å². The van der Waals surface area contributed by atoms with Crippen LogP contribution in [0.2, 0.25) is 0 Å². The highest BCUT2D eigenvalue weighted by Crippen LogP contribution is 2.14. The van der Waals surface area contributed by atoms with E-state index in [0.29, 0.717) is 5.56 Å². The Labute approximate surface area is 121 Å². The molecule has 0 heterocycles. The number of hydrogen-bond acceptors (Lipinski definition) is 0. The molecule has 0 bridgehead atoms. The second kappa shape index (κ2) is 6.54. The van der Waals surface area contributed by atoms with Gasteiger partial charge >= 0.3 is 0 Å². The summed E-state index contributed by atoms with van der Waals surface area (Å²) in [7, 11) is 0. The zero-order valence-corrected chi connectivity index (χ0v) is 12.3. The zero-order valence-electron chi connectivity index (χ0n) is 10.7. The second-order valence-corrected chi connectivity index (χ2v) is 5.24. The van der Waals surface area contributed by atoms with Gasteiger partial charge in [0.05, 0.1) is 5.56 Å². The standard InChI is InChI=1S/C17H14BrF/c1-2-3-13-4-6-14(7-5-13)8-9-15-10-11-16(18)12-17(15)19/h4-7,10-12H,2-3H2,1H3. The molecule has 0 fully saturated rings. The first kappa shape index (κ1) is 13.8. The highest BCUT2D eigenvalue weighted by Gasteiger charge is 1.98. The molecule has 0 aliphatic carbocycles. The first-order valence-electron chi connectivity index (χ1n) is 6.25. The van der Waals surface area contributed by atoms with Crippen LogP contribution >= 0.6 is 15.9 Å². The fraction of sp³-hybridized carbons (Fsp3) is 0.176. The van der Waals surface area contributed by atoms with Crippen molar-refractivity contribution in [1.29, 1.82) is 0 Å². The number of hydrogen-bond donors (Lipinski definition) is 0. The smallest absolute Gasteiger partial charge is 0.139 e. The third-order valence-electron chi connectivity index (χ3n) is 2.77. The lowest BCUT2D eigenvalue weighted by molar-refractivity contribution is 0.623. The van der Waals surface area contributed by atoms with Crippen LogP contribution in [0.5, 0.6) is 0 Å². The second-order valence-electron chi connectivity index (χ2n) is 4.32. The molecule has 2 aromatic rings. The minimum atomic E-state index is -0.301. The zero-order chi connectivity index (χ0) is 13.7. The van der Waals surface area contributed by atoms with Crippen LogP contribution in [0.15, 0.2) is 46.9 Å². The molecule has 2 heteroatoms. The van der Waals surface area contributed by atoms with Gasteiger partial charge in [0, 0.05) is 10.0 Å². The van der Waals surface area contributed by atoms with Gasteiger partial charge in [0.15, 0.2) is 0 Å². The fourth-order valence-electron chi connectivity index (χ4n) is 1.77. The predicted molar refractivity (Wildman–Crippen MR) is 80.5 cm³/mol. The van der Waals surface area contributed by atoms with Crippen LogP contribution in [0.3, 0.4) is 0 Å². The van der Waals surface area contributed by atoms with Crippen molar-refractivity contribution in [2.24, 2.45) is 0 Å². The van der Waals surface area contributed by atoms with Crippen molar-refractivity contribution in [2.75, 3.05) is 0 Å². The maximum absolute atomic E-state index is 13.6. The van der Waals surface area contributed by atoms with Crippen molar-refractivity contribution in [1.82, 2.24) is 0 Å². The molecule has 0 atom stereocenters. The van der Waals surface area contributed by atoms with E-state index < -0.39 is 0 Å². The maximum atomic E-state index is 13.6. The fourth-order valence-corrected chi connectivity index (χ4v) is 2.11. The highest BCUT2D eigenvalue weighted by atomic mass is 79.9. The summed E-state index contributed by atoms with van der Waals surface area (Å²) < 4.78 is 14.3. The number of aryl methyl sites for hydroxylation is 1. The van der Waals surface area contributed by atoms with Gasteiger partial charge in [-0.25, -0.2) is 4.39 Å². The molecule has 0 N–H and O–H groups in total. The van der Waals surface area contributed by atoms with Gasteiger partial charge in [-0.3, -0.25) is 0 Å². The molecule has 19 heavy (non-hydrogen) atoms. The number of benzene rings is 2. The summed E-state index contributed by atoms with van der Waals surface area (Å²) >= 11 is 3.23. The van der Waals surface area contributed by atoms with E-state index in [1.54, 1.807) is 12.1 Å². The van der Waals surface area contributed by atoms with Crippen molar-refractivity contribution in [3.63, 3.8) is 0 Å².